The van der Waals surface area contributed by atoms with Crippen molar-refractivity contribution in [2.45, 2.75) is 58.3 Å². The number of aryl methyl sites for hydroxylation is 1. The van der Waals surface area contributed by atoms with Gasteiger partial charge in [-0.2, -0.15) is 5.10 Å². The molecule has 8 heteroatoms. The number of hydrogen-bond donors (Lipinski definition) is 3. The second kappa shape index (κ2) is 8.43. The number of aliphatic hydroxyl groups is 1. The lowest BCUT2D eigenvalue weighted by molar-refractivity contribution is -0.176. The Morgan fingerprint density at radius 1 is 1.50 bits per heavy atom. The van der Waals surface area contributed by atoms with Crippen molar-refractivity contribution in [2.75, 3.05) is 20.2 Å². The van der Waals surface area contributed by atoms with E-state index in [1.807, 2.05) is 20.2 Å². The van der Waals surface area contributed by atoms with E-state index < -0.39 is 5.60 Å². The Labute approximate surface area is 174 Å². The molecule has 1 aromatic heterocycles. The average molecular weight is 479 g/mol. The Bertz CT molecular complexity index is 629. The fourth-order valence-corrected chi connectivity index (χ4v) is 3.23. The summed E-state index contributed by atoms with van der Waals surface area (Å²) in [5, 5.41) is 21.6. The molecule has 0 amide bonds. The molecule has 3 atom stereocenters. The molecule has 1 aliphatic rings. The predicted octanol–water partition coefficient (Wildman–Crippen LogP) is 2.00. The fraction of sp³-hybridized carbons (Fsp3) is 0.778. The first-order valence-electron chi connectivity index (χ1n) is 8.87. The maximum Gasteiger partial charge on any atom is 0.191 e. The molecule has 150 valence electrons. The van der Waals surface area contributed by atoms with Gasteiger partial charge >= 0.3 is 0 Å². The summed E-state index contributed by atoms with van der Waals surface area (Å²) in [4.78, 5) is 4.60. The largest absolute Gasteiger partial charge is 0.383 e. The molecule has 0 aromatic carbocycles. The maximum atomic E-state index is 10.7. The lowest BCUT2D eigenvalue weighted by Crippen LogP contribution is -2.69. The van der Waals surface area contributed by atoms with E-state index in [2.05, 4.69) is 41.5 Å². The normalized spacial score (nSPS) is 27.1. The molecule has 1 saturated carbocycles. The number of aliphatic imine (C=N–C) groups is 1. The highest BCUT2D eigenvalue weighted by Gasteiger charge is 2.58. The van der Waals surface area contributed by atoms with Gasteiger partial charge in [0.05, 0.1) is 18.3 Å². The van der Waals surface area contributed by atoms with Gasteiger partial charge in [-0.1, -0.05) is 13.8 Å². The van der Waals surface area contributed by atoms with Crippen LogP contribution in [0.25, 0.3) is 0 Å². The lowest BCUT2D eigenvalue weighted by atomic mass is 9.56. The van der Waals surface area contributed by atoms with Crippen molar-refractivity contribution in [1.29, 1.82) is 0 Å². The van der Waals surface area contributed by atoms with E-state index in [4.69, 9.17) is 4.74 Å². The minimum atomic E-state index is -1.06. The molecule has 1 aliphatic carbocycles. The summed E-state index contributed by atoms with van der Waals surface area (Å²) in [6, 6.07) is 0.263. The van der Waals surface area contributed by atoms with Crippen LogP contribution in [0, 0.1) is 5.41 Å². The zero-order valence-electron chi connectivity index (χ0n) is 17.0. The number of rotatable bonds is 6. The number of ether oxygens (including phenoxy) is 1. The first kappa shape index (κ1) is 23.2. The van der Waals surface area contributed by atoms with E-state index in [1.165, 1.54) is 0 Å². The van der Waals surface area contributed by atoms with Crippen molar-refractivity contribution in [3.05, 3.63) is 18.0 Å². The van der Waals surface area contributed by atoms with E-state index in [0.29, 0.717) is 5.96 Å². The highest BCUT2D eigenvalue weighted by Crippen LogP contribution is 2.51. The van der Waals surface area contributed by atoms with Crippen molar-refractivity contribution in [3.63, 3.8) is 0 Å². The number of nitrogens with zero attached hydrogens (tertiary/aromatic N) is 3. The van der Waals surface area contributed by atoms with E-state index in [-0.39, 0.29) is 47.6 Å². The van der Waals surface area contributed by atoms with Crippen LogP contribution in [-0.2, 0) is 17.4 Å². The summed E-state index contributed by atoms with van der Waals surface area (Å²) in [6.07, 6.45) is 4.41. The van der Waals surface area contributed by atoms with Gasteiger partial charge in [0.2, 0.25) is 0 Å². The van der Waals surface area contributed by atoms with Gasteiger partial charge < -0.3 is 20.5 Å². The van der Waals surface area contributed by atoms with Crippen molar-refractivity contribution >= 4 is 29.9 Å². The average Bonchev–Trinajstić information content (AvgIpc) is 2.99. The van der Waals surface area contributed by atoms with Gasteiger partial charge in [-0.25, -0.2) is 4.99 Å². The third-order valence-electron chi connectivity index (χ3n) is 5.81. The van der Waals surface area contributed by atoms with E-state index in [9.17, 15) is 5.11 Å². The fourth-order valence-electron chi connectivity index (χ4n) is 3.23. The van der Waals surface area contributed by atoms with Crippen LogP contribution in [0.1, 0.15) is 46.6 Å². The van der Waals surface area contributed by atoms with Gasteiger partial charge in [0.1, 0.15) is 5.60 Å². The summed E-state index contributed by atoms with van der Waals surface area (Å²) in [7, 11) is 3.60. The van der Waals surface area contributed by atoms with Crippen molar-refractivity contribution in [2.24, 2.45) is 17.5 Å². The Kier molecular flexibility index (Phi) is 7.51. The minimum absolute atomic E-state index is 0. The molecule has 0 aliphatic heterocycles. The summed E-state index contributed by atoms with van der Waals surface area (Å²) < 4.78 is 7.37. The van der Waals surface area contributed by atoms with Crippen LogP contribution in [0.2, 0.25) is 0 Å². The van der Waals surface area contributed by atoms with Gasteiger partial charge in [-0.15, -0.1) is 24.0 Å². The van der Waals surface area contributed by atoms with Gasteiger partial charge in [0.15, 0.2) is 5.96 Å². The number of nitrogens with one attached hydrogen (secondary N) is 2. The molecule has 0 radical (unpaired) electrons. The van der Waals surface area contributed by atoms with Crippen molar-refractivity contribution in [1.82, 2.24) is 20.4 Å². The van der Waals surface area contributed by atoms with Crippen LogP contribution in [0.15, 0.2) is 17.4 Å². The molecule has 2 rings (SSSR count). The minimum Gasteiger partial charge on any atom is -0.383 e. The quantitative estimate of drug-likeness (QED) is 0.330. The Balaban J connectivity index is 0.00000338. The van der Waals surface area contributed by atoms with Crippen LogP contribution in [-0.4, -0.2) is 52.7 Å². The predicted molar refractivity (Wildman–Crippen MR) is 115 cm³/mol. The number of guanidine groups is 1. The molecular weight excluding hydrogens is 445 g/mol. The SMILES string of the molecule is CCNC(=NCC(C)(O)c1cnn(C)c1)NC1CC(C)(OC)C1(C)C.I. The molecule has 3 unspecified atom stereocenters. The Morgan fingerprint density at radius 2 is 2.15 bits per heavy atom. The lowest BCUT2D eigenvalue weighted by Gasteiger charge is -2.59. The standard InChI is InChI=1S/C18H33N5O2.HI/c1-8-19-15(22-14-9-18(5,25-7)16(14,2)3)20-12-17(4,24)13-10-21-23(6)11-13;/h10-11,14,24H,8-9,12H2,1-7H3,(H2,19,20,22);1H. The zero-order chi connectivity index (χ0) is 18.9. The van der Waals surface area contributed by atoms with Crippen LogP contribution >= 0.6 is 24.0 Å². The van der Waals surface area contributed by atoms with Crippen LogP contribution in [0.5, 0.6) is 0 Å². The summed E-state index contributed by atoms with van der Waals surface area (Å²) in [5.74, 6) is 0.711. The molecule has 0 spiro atoms. The van der Waals surface area contributed by atoms with Gasteiger partial charge in [-0.3, -0.25) is 4.68 Å². The molecule has 3 N–H and O–H groups in total. The molecule has 1 heterocycles. The van der Waals surface area contributed by atoms with E-state index in [1.54, 1.807) is 24.9 Å². The van der Waals surface area contributed by atoms with Crippen molar-refractivity contribution in [3.8, 4) is 0 Å². The second-order valence-electron chi connectivity index (χ2n) is 7.93. The molecular formula is C18H34IN5O2. The first-order valence-corrected chi connectivity index (χ1v) is 8.87. The maximum absolute atomic E-state index is 10.7. The molecule has 1 aromatic rings. The van der Waals surface area contributed by atoms with E-state index in [0.717, 1.165) is 18.5 Å². The Morgan fingerprint density at radius 3 is 2.62 bits per heavy atom. The molecule has 0 bridgehead atoms. The third-order valence-corrected chi connectivity index (χ3v) is 5.81. The topological polar surface area (TPSA) is 83.7 Å². The van der Waals surface area contributed by atoms with Crippen LogP contribution in [0.3, 0.4) is 0 Å². The number of methoxy groups -OCH3 is 1. The van der Waals surface area contributed by atoms with Gasteiger partial charge in [0, 0.05) is 43.9 Å². The summed E-state index contributed by atoms with van der Waals surface area (Å²) in [6.45, 7) is 11.3. The molecule has 0 saturated heterocycles. The zero-order valence-corrected chi connectivity index (χ0v) is 19.3. The Hall–Kier alpha value is -0.870. The second-order valence-corrected chi connectivity index (χ2v) is 7.93. The molecule has 26 heavy (non-hydrogen) atoms. The number of hydrogen-bond acceptors (Lipinski definition) is 4. The number of halogens is 1. The first-order chi connectivity index (χ1) is 11.6. The van der Waals surface area contributed by atoms with Crippen LogP contribution in [0.4, 0.5) is 0 Å². The van der Waals surface area contributed by atoms with E-state index >= 15 is 0 Å². The highest BCUT2D eigenvalue weighted by atomic mass is 127. The van der Waals surface area contributed by atoms with Gasteiger partial charge in [-0.05, 0) is 27.2 Å². The van der Waals surface area contributed by atoms with Crippen LogP contribution < -0.4 is 10.6 Å². The third kappa shape index (κ3) is 4.51. The molecule has 7 nitrogen and oxygen atoms in total. The number of aromatic nitrogens is 2. The summed E-state index contributed by atoms with van der Waals surface area (Å²) in [5.41, 5.74) is -0.453. The van der Waals surface area contributed by atoms with Crippen molar-refractivity contribution < 1.29 is 9.84 Å². The summed E-state index contributed by atoms with van der Waals surface area (Å²) >= 11 is 0. The monoisotopic (exact) mass is 479 g/mol. The molecule has 1 fully saturated rings. The smallest absolute Gasteiger partial charge is 0.191 e. The van der Waals surface area contributed by atoms with Gasteiger partial charge in [0.25, 0.3) is 0 Å². The highest BCUT2D eigenvalue weighted by molar-refractivity contribution is 14.0.